The van der Waals surface area contributed by atoms with Crippen LogP contribution in [0.15, 0.2) is 59.4 Å². The fourth-order valence-electron chi connectivity index (χ4n) is 2.48. The highest BCUT2D eigenvalue weighted by atomic mass is 16.5. The minimum atomic E-state index is -0.198. The van der Waals surface area contributed by atoms with Crippen LogP contribution >= 0.6 is 0 Å². The standard InChI is InChI=1S/C18H16N2O3/c1-23-11-13-9-17(21)20-16-10-14(7-8-15(13)16)19-18(22)12-5-3-2-4-6-12/h2-10H,11H2,1H3,(H,19,22)(H,20,21). The van der Waals surface area contributed by atoms with Crippen molar-refractivity contribution in [2.75, 3.05) is 12.4 Å². The highest BCUT2D eigenvalue weighted by Gasteiger charge is 2.08. The van der Waals surface area contributed by atoms with E-state index in [4.69, 9.17) is 4.74 Å². The summed E-state index contributed by atoms with van der Waals surface area (Å²) in [6, 6.07) is 15.9. The second kappa shape index (κ2) is 6.46. The minimum Gasteiger partial charge on any atom is -0.380 e. The Hall–Kier alpha value is -2.92. The number of pyridine rings is 1. The number of amides is 1. The van der Waals surface area contributed by atoms with Gasteiger partial charge in [0.25, 0.3) is 5.91 Å². The van der Waals surface area contributed by atoms with Gasteiger partial charge in [-0.1, -0.05) is 24.3 Å². The number of carbonyl (C=O) groups excluding carboxylic acids is 1. The molecular formula is C18H16N2O3. The molecule has 0 saturated heterocycles. The van der Waals surface area contributed by atoms with E-state index in [9.17, 15) is 9.59 Å². The molecule has 0 saturated carbocycles. The predicted octanol–water partition coefficient (Wildman–Crippen LogP) is 2.93. The highest BCUT2D eigenvalue weighted by Crippen LogP contribution is 2.20. The van der Waals surface area contributed by atoms with Crippen LogP contribution in [0.1, 0.15) is 15.9 Å². The summed E-state index contributed by atoms with van der Waals surface area (Å²) >= 11 is 0. The number of H-pyrrole nitrogens is 1. The van der Waals surface area contributed by atoms with Crippen molar-refractivity contribution in [1.29, 1.82) is 0 Å². The van der Waals surface area contributed by atoms with Crippen molar-refractivity contribution in [3.05, 3.63) is 76.1 Å². The first kappa shape index (κ1) is 15.0. The normalized spacial score (nSPS) is 10.7. The Balaban J connectivity index is 1.94. The number of rotatable bonds is 4. The van der Waals surface area contributed by atoms with E-state index >= 15 is 0 Å². The maximum atomic E-state index is 12.2. The van der Waals surface area contributed by atoms with Crippen LogP contribution in [-0.2, 0) is 11.3 Å². The number of hydrogen-bond donors (Lipinski definition) is 2. The topological polar surface area (TPSA) is 71.2 Å². The molecule has 1 amide bonds. The molecule has 5 nitrogen and oxygen atoms in total. The fraction of sp³-hybridized carbons (Fsp3) is 0.111. The monoisotopic (exact) mass is 308 g/mol. The zero-order chi connectivity index (χ0) is 16.2. The maximum absolute atomic E-state index is 12.2. The zero-order valence-corrected chi connectivity index (χ0v) is 12.6. The molecule has 2 N–H and O–H groups in total. The number of aromatic amines is 1. The van der Waals surface area contributed by atoms with Gasteiger partial charge in [0.15, 0.2) is 0 Å². The Morgan fingerprint density at radius 2 is 1.91 bits per heavy atom. The van der Waals surface area contributed by atoms with E-state index in [-0.39, 0.29) is 11.5 Å². The molecule has 116 valence electrons. The number of nitrogens with one attached hydrogen (secondary N) is 2. The Kier molecular flexibility index (Phi) is 4.21. The highest BCUT2D eigenvalue weighted by molar-refractivity contribution is 6.05. The Labute approximate surface area is 132 Å². The summed E-state index contributed by atoms with van der Waals surface area (Å²) < 4.78 is 5.12. The molecule has 0 atom stereocenters. The second-order valence-corrected chi connectivity index (χ2v) is 5.17. The lowest BCUT2D eigenvalue weighted by Crippen LogP contribution is -2.12. The summed E-state index contributed by atoms with van der Waals surface area (Å²) in [5.74, 6) is -0.194. The fourth-order valence-corrected chi connectivity index (χ4v) is 2.48. The van der Waals surface area contributed by atoms with Gasteiger partial charge in [-0.25, -0.2) is 0 Å². The molecule has 1 aromatic heterocycles. The van der Waals surface area contributed by atoms with E-state index in [2.05, 4.69) is 10.3 Å². The largest absolute Gasteiger partial charge is 0.380 e. The summed E-state index contributed by atoms with van der Waals surface area (Å²) in [6.45, 7) is 0.357. The third-order valence-corrected chi connectivity index (χ3v) is 3.52. The number of methoxy groups -OCH3 is 1. The van der Waals surface area contributed by atoms with E-state index in [1.54, 1.807) is 31.4 Å². The molecule has 3 rings (SSSR count). The third kappa shape index (κ3) is 3.30. The third-order valence-electron chi connectivity index (χ3n) is 3.52. The van der Waals surface area contributed by atoms with Gasteiger partial charge in [-0.15, -0.1) is 0 Å². The van der Waals surface area contributed by atoms with Crippen LogP contribution in [-0.4, -0.2) is 18.0 Å². The van der Waals surface area contributed by atoms with Crippen LogP contribution in [0.3, 0.4) is 0 Å². The van der Waals surface area contributed by atoms with Gasteiger partial charge < -0.3 is 15.0 Å². The van der Waals surface area contributed by atoms with E-state index in [0.29, 0.717) is 23.4 Å². The molecule has 23 heavy (non-hydrogen) atoms. The quantitative estimate of drug-likeness (QED) is 0.778. The van der Waals surface area contributed by atoms with Crippen LogP contribution in [0.4, 0.5) is 5.69 Å². The number of fused-ring (bicyclic) bond motifs is 1. The van der Waals surface area contributed by atoms with Gasteiger partial charge in [-0.2, -0.15) is 0 Å². The number of carbonyl (C=O) groups is 1. The van der Waals surface area contributed by atoms with Gasteiger partial charge in [0.2, 0.25) is 5.56 Å². The second-order valence-electron chi connectivity index (χ2n) is 5.17. The first-order chi connectivity index (χ1) is 11.2. The number of hydrogen-bond acceptors (Lipinski definition) is 3. The van der Waals surface area contributed by atoms with Crippen LogP contribution in [0, 0.1) is 0 Å². The van der Waals surface area contributed by atoms with E-state index in [1.165, 1.54) is 6.07 Å². The Morgan fingerprint density at radius 3 is 2.65 bits per heavy atom. The maximum Gasteiger partial charge on any atom is 0.255 e. The molecule has 0 unspecified atom stereocenters. The molecule has 2 aromatic carbocycles. The molecule has 0 aliphatic heterocycles. The molecule has 1 heterocycles. The van der Waals surface area contributed by atoms with Gasteiger partial charge in [0.1, 0.15) is 0 Å². The molecule has 0 fully saturated rings. The van der Waals surface area contributed by atoms with Crippen molar-refractivity contribution in [3.8, 4) is 0 Å². The lowest BCUT2D eigenvalue weighted by molar-refractivity contribution is 0.102. The summed E-state index contributed by atoms with van der Waals surface area (Å²) in [5.41, 5.74) is 2.48. The van der Waals surface area contributed by atoms with Crippen LogP contribution in [0.2, 0.25) is 0 Å². The average Bonchev–Trinajstić information content (AvgIpc) is 2.55. The van der Waals surface area contributed by atoms with Crippen LogP contribution in [0.5, 0.6) is 0 Å². The molecule has 3 aromatic rings. The lowest BCUT2D eigenvalue weighted by Gasteiger charge is -2.09. The molecule has 0 aliphatic rings. The summed E-state index contributed by atoms with van der Waals surface area (Å²) in [7, 11) is 1.58. The molecule has 0 radical (unpaired) electrons. The first-order valence-corrected chi connectivity index (χ1v) is 7.18. The van der Waals surface area contributed by atoms with Crippen molar-refractivity contribution < 1.29 is 9.53 Å². The number of aromatic nitrogens is 1. The Morgan fingerprint density at radius 1 is 1.13 bits per heavy atom. The SMILES string of the molecule is COCc1cc(=O)[nH]c2cc(NC(=O)c3ccccc3)ccc12. The van der Waals surface area contributed by atoms with Gasteiger partial charge in [0.05, 0.1) is 12.1 Å². The van der Waals surface area contributed by atoms with Crippen LogP contribution < -0.4 is 10.9 Å². The number of ether oxygens (including phenoxy) is 1. The first-order valence-electron chi connectivity index (χ1n) is 7.18. The molecule has 0 spiro atoms. The average molecular weight is 308 g/mol. The minimum absolute atomic E-state index is 0.194. The zero-order valence-electron chi connectivity index (χ0n) is 12.6. The molecular weight excluding hydrogens is 292 g/mol. The van der Waals surface area contributed by atoms with Crippen molar-refractivity contribution in [3.63, 3.8) is 0 Å². The van der Waals surface area contributed by atoms with Gasteiger partial charge >= 0.3 is 0 Å². The van der Waals surface area contributed by atoms with E-state index in [1.807, 2.05) is 24.3 Å². The van der Waals surface area contributed by atoms with Gasteiger partial charge in [-0.05, 0) is 29.8 Å². The van der Waals surface area contributed by atoms with Crippen molar-refractivity contribution in [1.82, 2.24) is 4.98 Å². The van der Waals surface area contributed by atoms with Crippen molar-refractivity contribution in [2.24, 2.45) is 0 Å². The number of anilines is 1. The molecule has 0 bridgehead atoms. The smallest absolute Gasteiger partial charge is 0.255 e. The predicted molar refractivity (Wildman–Crippen MR) is 89.7 cm³/mol. The summed E-state index contributed by atoms with van der Waals surface area (Å²) in [6.07, 6.45) is 0. The van der Waals surface area contributed by atoms with E-state index < -0.39 is 0 Å². The van der Waals surface area contributed by atoms with Gasteiger partial charge in [-0.3, -0.25) is 9.59 Å². The van der Waals surface area contributed by atoms with Crippen molar-refractivity contribution in [2.45, 2.75) is 6.61 Å². The lowest BCUT2D eigenvalue weighted by atomic mass is 10.1. The molecule has 5 heteroatoms. The molecule has 0 aliphatic carbocycles. The van der Waals surface area contributed by atoms with E-state index in [0.717, 1.165) is 10.9 Å². The van der Waals surface area contributed by atoms with Crippen molar-refractivity contribution >= 4 is 22.5 Å². The summed E-state index contributed by atoms with van der Waals surface area (Å²) in [4.78, 5) is 26.7. The number of benzene rings is 2. The van der Waals surface area contributed by atoms with Gasteiger partial charge in [0, 0.05) is 29.8 Å². The Bertz CT molecular complexity index is 901. The van der Waals surface area contributed by atoms with Crippen LogP contribution in [0.25, 0.3) is 10.9 Å². The summed E-state index contributed by atoms with van der Waals surface area (Å²) in [5, 5.41) is 3.72.